The summed E-state index contributed by atoms with van der Waals surface area (Å²) in [6, 6.07) is 9.67. The quantitative estimate of drug-likeness (QED) is 0.900. The zero-order chi connectivity index (χ0) is 14.0. The number of nitrogens with zero attached hydrogens (tertiary/aromatic N) is 2. The van der Waals surface area contributed by atoms with Gasteiger partial charge in [0.25, 0.3) is 0 Å². The molecule has 1 N–H and O–H groups in total. The lowest BCUT2D eigenvalue weighted by molar-refractivity contribution is -0.141. The van der Waals surface area contributed by atoms with E-state index in [2.05, 4.69) is 0 Å². The molecule has 1 fully saturated rings. The van der Waals surface area contributed by atoms with E-state index in [1.54, 1.807) is 23.8 Å². The average Bonchev–Trinajstić information content (AvgIpc) is 2.68. The molecule has 1 aliphatic rings. The highest BCUT2D eigenvalue weighted by atomic mass is 16.4. The van der Waals surface area contributed by atoms with Gasteiger partial charge in [-0.15, -0.1) is 0 Å². The van der Waals surface area contributed by atoms with Crippen LogP contribution in [0.2, 0.25) is 0 Å². The van der Waals surface area contributed by atoms with Crippen LogP contribution in [0.15, 0.2) is 30.3 Å². The van der Waals surface area contributed by atoms with Gasteiger partial charge in [-0.05, 0) is 5.56 Å². The maximum absolute atomic E-state index is 12.1. The monoisotopic (exact) mass is 262 g/mol. The molecule has 1 aliphatic heterocycles. The number of carbonyl (C=O) groups is 2. The fraction of sp³-hybridized carbons (Fsp3) is 0.429. The molecule has 5 heteroatoms. The van der Waals surface area contributed by atoms with Gasteiger partial charge in [0.15, 0.2) is 0 Å². The highest BCUT2D eigenvalue weighted by molar-refractivity contribution is 5.78. The number of urea groups is 1. The molecule has 1 saturated heterocycles. The molecule has 0 aromatic heterocycles. The van der Waals surface area contributed by atoms with Gasteiger partial charge in [0.2, 0.25) is 0 Å². The van der Waals surface area contributed by atoms with Crippen molar-refractivity contribution in [2.45, 2.75) is 13.0 Å². The second-order valence-corrected chi connectivity index (χ2v) is 4.96. The lowest BCUT2D eigenvalue weighted by Gasteiger charge is -2.18. The maximum atomic E-state index is 12.1. The van der Waals surface area contributed by atoms with Crippen molar-refractivity contribution in [2.24, 2.45) is 5.92 Å². The molecule has 1 heterocycles. The van der Waals surface area contributed by atoms with Gasteiger partial charge in [-0.25, -0.2) is 4.79 Å². The van der Waals surface area contributed by atoms with E-state index in [1.165, 1.54) is 0 Å². The van der Waals surface area contributed by atoms with Gasteiger partial charge >= 0.3 is 12.0 Å². The van der Waals surface area contributed by atoms with Crippen LogP contribution < -0.4 is 0 Å². The van der Waals surface area contributed by atoms with Gasteiger partial charge in [0.05, 0.1) is 12.0 Å². The van der Waals surface area contributed by atoms with Crippen molar-refractivity contribution in [3.63, 3.8) is 0 Å². The predicted molar refractivity (Wildman–Crippen MR) is 70.7 cm³/mol. The minimum atomic E-state index is -0.876. The molecule has 19 heavy (non-hydrogen) atoms. The summed E-state index contributed by atoms with van der Waals surface area (Å²) in [4.78, 5) is 26.3. The molecule has 2 rings (SSSR count). The Hall–Kier alpha value is -2.04. The fourth-order valence-electron chi connectivity index (χ4n) is 2.33. The van der Waals surface area contributed by atoms with E-state index in [-0.39, 0.29) is 18.6 Å². The summed E-state index contributed by atoms with van der Waals surface area (Å²) in [7, 11) is 1.76. The normalized spacial score (nSPS) is 20.7. The number of rotatable bonds is 4. The largest absolute Gasteiger partial charge is 0.481 e. The van der Waals surface area contributed by atoms with Crippen LogP contribution in [0, 0.1) is 5.92 Å². The first-order chi connectivity index (χ1) is 9.00. The van der Waals surface area contributed by atoms with E-state index in [0.717, 1.165) is 5.56 Å². The van der Waals surface area contributed by atoms with Crippen molar-refractivity contribution in [1.29, 1.82) is 0 Å². The zero-order valence-corrected chi connectivity index (χ0v) is 11.1. The minimum absolute atomic E-state index is 0.00491. The molecule has 0 spiro atoms. The molecule has 2 unspecified atom stereocenters. The summed E-state index contributed by atoms with van der Waals surface area (Å²) in [6.07, 6.45) is 0. The Balaban J connectivity index is 2.11. The highest BCUT2D eigenvalue weighted by Crippen LogP contribution is 2.28. The fourth-order valence-corrected chi connectivity index (χ4v) is 2.33. The Kier molecular flexibility index (Phi) is 3.74. The lowest BCUT2D eigenvalue weighted by Crippen LogP contribution is -2.35. The van der Waals surface area contributed by atoms with Gasteiger partial charge in [-0.3, -0.25) is 4.79 Å². The number of carboxylic acid groups (broad SMARTS) is 1. The second kappa shape index (κ2) is 5.30. The number of hydrogen-bond donors (Lipinski definition) is 1. The van der Waals surface area contributed by atoms with E-state index in [1.807, 2.05) is 30.3 Å². The van der Waals surface area contributed by atoms with Crippen molar-refractivity contribution in [1.82, 2.24) is 9.80 Å². The Bertz CT molecular complexity index is 475. The molecule has 2 amide bonds. The predicted octanol–water partition coefficient (Wildman–Crippen LogP) is 1.82. The van der Waals surface area contributed by atoms with Crippen LogP contribution >= 0.6 is 0 Å². The number of likely N-dealkylation sites (N-methyl/N-ethyl adjacent to an activating group) is 1. The first-order valence-electron chi connectivity index (χ1n) is 6.30. The Morgan fingerprint density at radius 2 is 2.05 bits per heavy atom. The molecule has 5 nitrogen and oxygen atoms in total. The highest BCUT2D eigenvalue weighted by Gasteiger charge is 2.36. The zero-order valence-electron chi connectivity index (χ0n) is 11.1. The van der Waals surface area contributed by atoms with Gasteiger partial charge < -0.3 is 14.9 Å². The minimum Gasteiger partial charge on any atom is -0.481 e. The molecular weight excluding hydrogens is 244 g/mol. The molecule has 1 aromatic carbocycles. The average molecular weight is 262 g/mol. The summed E-state index contributed by atoms with van der Waals surface area (Å²) in [6.45, 7) is 2.41. The molecule has 102 valence electrons. The van der Waals surface area contributed by atoms with Gasteiger partial charge in [-0.2, -0.15) is 0 Å². The van der Waals surface area contributed by atoms with Crippen LogP contribution in [0.4, 0.5) is 4.79 Å². The third-order valence-corrected chi connectivity index (χ3v) is 3.53. The number of hydrogen-bond acceptors (Lipinski definition) is 2. The summed E-state index contributed by atoms with van der Waals surface area (Å²) < 4.78 is 0. The SMILES string of the molecule is CC(CN1CC(c2ccccc2)N(C)C1=O)C(=O)O. The van der Waals surface area contributed by atoms with Crippen LogP contribution in [-0.2, 0) is 4.79 Å². The number of amides is 2. The molecule has 1 aromatic rings. The van der Waals surface area contributed by atoms with Crippen LogP contribution in [0.1, 0.15) is 18.5 Å². The summed E-state index contributed by atoms with van der Waals surface area (Å²) >= 11 is 0. The lowest BCUT2D eigenvalue weighted by atomic mass is 10.1. The molecule has 0 saturated carbocycles. The van der Waals surface area contributed by atoms with Crippen molar-refractivity contribution in [2.75, 3.05) is 20.1 Å². The van der Waals surface area contributed by atoms with E-state index in [9.17, 15) is 9.59 Å². The number of benzene rings is 1. The summed E-state index contributed by atoms with van der Waals surface area (Å²) in [5.41, 5.74) is 1.07. The van der Waals surface area contributed by atoms with E-state index >= 15 is 0 Å². The Morgan fingerprint density at radius 1 is 1.42 bits per heavy atom. The maximum Gasteiger partial charge on any atom is 0.320 e. The third kappa shape index (κ3) is 2.70. The second-order valence-electron chi connectivity index (χ2n) is 4.96. The first kappa shape index (κ1) is 13.4. The number of aliphatic carboxylic acids is 1. The molecule has 2 atom stereocenters. The van der Waals surface area contributed by atoms with Gasteiger partial charge in [-0.1, -0.05) is 37.3 Å². The van der Waals surface area contributed by atoms with E-state index in [4.69, 9.17) is 5.11 Å². The first-order valence-corrected chi connectivity index (χ1v) is 6.30. The molecule has 0 bridgehead atoms. The standard InChI is InChI=1S/C14H18N2O3/c1-10(13(17)18)8-16-9-12(15(2)14(16)19)11-6-4-3-5-7-11/h3-7,10,12H,8-9H2,1-2H3,(H,17,18). The summed E-state index contributed by atoms with van der Waals surface area (Å²) in [5.74, 6) is -1.43. The van der Waals surface area contributed by atoms with Crippen molar-refractivity contribution >= 4 is 12.0 Å². The third-order valence-electron chi connectivity index (χ3n) is 3.53. The number of carboxylic acids is 1. The van der Waals surface area contributed by atoms with E-state index < -0.39 is 11.9 Å². The Labute approximate surface area is 112 Å². The van der Waals surface area contributed by atoms with Gasteiger partial charge in [0, 0.05) is 20.1 Å². The van der Waals surface area contributed by atoms with Crippen LogP contribution in [0.5, 0.6) is 0 Å². The summed E-state index contributed by atoms with van der Waals surface area (Å²) in [5, 5.41) is 8.93. The van der Waals surface area contributed by atoms with Crippen molar-refractivity contribution in [3.05, 3.63) is 35.9 Å². The molecular formula is C14H18N2O3. The molecule has 0 radical (unpaired) electrons. The smallest absolute Gasteiger partial charge is 0.320 e. The van der Waals surface area contributed by atoms with Crippen LogP contribution in [0.25, 0.3) is 0 Å². The topological polar surface area (TPSA) is 60.9 Å². The van der Waals surface area contributed by atoms with Crippen molar-refractivity contribution in [3.8, 4) is 0 Å². The number of carbonyl (C=O) groups excluding carboxylic acids is 1. The van der Waals surface area contributed by atoms with E-state index in [0.29, 0.717) is 6.54 Å². The van der Waals surface area contributed by atoms with Crippen LogP contribution in [-0.4, -0.2) is 47.0 Å². The van der Waals surface area contributed by atoms with Crippen LogP contribution in [0.3, 0.4) is 0 Å². The van der Waals surface area contributed by atoms with Gasteiger partial charge in [0.1, 0.15) is 0 Å². The van der Waals surface area contributed by atoms with Crippen molar-refractivity contribution < 1.29 is 14.7 Å². The Morgan fingerprint density at radius 3 is 2.63 bits per heavy atom. The molecule has 0 aliphatic carbocycles.